The lowest BCUT2D eigenvalue weighted by molar-refractivity contribution is -0.162. The molecule has 1 aromatic heterocycles. The molecule has 7 heteroatoms. The van der Waals surface area contributed by atoms with Crippen LogP contribution in [0.1, 0.15) is 24.2 Å². The molecular weight excluding hydrogens is 312 g/mol. The molecule has 1 amide bonds. The molecular formula is C17H20N2O5. The molecule has 3 N–H and O–H groups in total. The molecule has 0 saturated carbocycles. The third kappa shape index (κ3) is 2.55. The minimum absolute atomic E-state index is 0.236. The Labute approximate surface area is 138 Å². The highest BCUT2D eigenvalue weighted by Gasteiger charge is 2.42. The molecule has 2 aromatic rings. The van der Waals surface area contributed by atoms with Crippen molar-refractivity contribution in [1.29, 1.82) is 0 Å². The fraction of sp³-hybridized carbons (Fsp3) is 0.412. The van der Waals surface area contributed by atoms with Crippen LogP contribution >= 0.6 is 0 Å². The summed E-state index contributed by atoms with van der Waals surface area (Å²) in [5.74, 6) is -1.17. The van der Waals surface area contributed by atoms with Crippen molar-refractivity contribution in [2.45, 2.75) is 31.6 Å². The van der Waals surface area contributed by atoms with Crippen LogP contribution < -0.4 is 0 Å². The van der Waals surface area contributed by atoms with E-state index in [-0.39, 0.29) is 5.91 Å². The number of nitrogens with one attached hydrogen (secondary N) is 1. The van der Waals surface area contributed by atoms with Crippen molar-refractivity contribution in [2.75, 3.05) is 13.7 Å². The van der Waals surface area contributed by atoms with Gasteiger partial charge in [-0.15, -0.1) is 0 Å². The number of H-pyrrole nitrogens is 1. The van der Waals surface area contributed by atoms with Crippen molar-refractivity contribution in [2.24, 2.45) is 0 Å². The summed E-state index contributed by atoms with van der Waals surface area (Å²) in [4.78, 5) is 28.3. The normalized spacial score (nSPS) is 19.7. The van der Waals surface area contributed by atoms with E-state index >= 15 is 0 Å². The number of aliphatic hydroxyl groups is 2. The molecule has 0 bridgehead atoms. The third-order valence-corrected chi connectivity index (χ3v) is 4.58. The van der Waals surface area contributed by atoms with Crippen LogP contribution in [-0.2, 0) is 20.7 Å². The first-order valence-electron chi connectivity index (χ1n) is 7.76. The Morgan fingerprint density at radius 3 is 2.71 bits per heavy atom. The second-order valence-corrected chi connectivity index (χ2v) is 5.93. The molecule has 3 atom stereocenters. The number of hydrogen-bond acceptors (Lipinski definition) is 5. The minimum atomic E-state index is -1.74. The summed E-state index contributed by atoms with van der Waals surface area (Å²) in [7, 11) is 1.14. The van der Waals surface area contributed by atoms with E-state index in [1.165, 1.54) is 11.8 Å². The van der Waals surface area contributed by atoms with Gasteiger partial charge in [0, 0.05) is 30.1 Å². The highest BCUT2D eigenvalue weighted by atomic mass is 16.5. The number of nitrogens with zero attached hydrogens (tertiary/aromatic N) is 1. The number of aromatic amines is 1. The van der Waals surface area contributed by atoms with E-state index in [4.69, 9.17) is 0 Å². The Morgan fingerprint density at radius 1 is 1.33 bits per heavy atom. The van der Waals surface area contributed by atoms with E-state index in [1.54, 1.807) is 0 Å². The number of aromatic nitrogens is 1. The number of rotatable bonds is 3. The van der Waals surface area contributed by atoms with Gasteiger partial charge in [-0.05, 0) is 18.1 Å². The first-order chi connectivity index (χ1) is 11.5. The van der Waals surface area contributed by atoms with Gasteiger partial charge >= 0.3 is 5.97 Å². The van der Waals surface area contributed by atoms with Crippen LogP contribution in [0.4, 0.5) is 0 Å². The molecule has 0 aliphatic carbocycles. The van der Waals surface area contributed by atoms with Crippen LogP contribution in [0.5, 0.6) is 0 Å². The maximum absolute atomic E-state index is 12.0. The number of hydrogen-bond donors (Lipinski definition) is 3. The smallest absolute Gasteiger partial charge is 0.337 e. The van der Waals surface area contributed by atoms with Crippen molar-refractivity contribution in [3.8, 4) is 0 Å². The number of aliphatic hydroxyl groups excluding tert-OH is 2. The van der Waals surface area contributed by atoms with E-state index in [2.05, 4.69) is 9.72 Å². The van der Waals surface area contributed by atoms with Gasteiger partial charge in [0.1, 0.15) is 12.1 Å². The van der Waals surface area contributed by atoms with Gasteiger partial charge in [0.15, 0.2) is 6.10 Å². The molecule has 0 radical (unpaired) electrons. The molecule has 1 aliphatic heterocycles. The number of esters is 1. The van der Waals surface area contributed by atoms with E-state index in [0.29, 0.717) is 18.7 Å². The van der Waals surface area contributed by atoms with Crippen molar-refractivity contribution >= 4 is 22.8 Å². The molecule has 1 aromatic carbocycles. The fourth-order valence-corrected chi connectivity index (χ4v) is 3.41. The first-order valence-corrected chi connectivity index (χ1v) is 7.76. The molecule has 7 nitrogen and oxygen atoms in total. The Bertz CT molecular complexity index is 784. The molecule has 3 rings (SSSR count). The lowest BCUT2D eigenvalue weighted by atomic mass is 9.91. The summed E-state index contributed by atoms with van der Waals surface area (Å²) in [6, 6.07) is 6.84. The number of amides is 1. The van der Waals surface area contributed by atoms with Gasteiger partial charge in [0.25, 0.3) is 0 Å². The Hall–Kier alpha value is -2.38. The van der Waals surface area contributed by atoms with Gasteiger partial charge in [-0.2, -0.15) is 0 Å². The molecule has 2 heterocycles. The number of benzene rings is 1. The lowest BCUT2D eigenvalue weighted by Gasteiger charge is -2.38. The monoisotopic (exact) mass is 332 g/mol. The molecule has 0 unspecified atom stereocenters. The zero-order valence-electron chi connectivity index (χ0n) is 13.5. The minimum Gasteiger partial charge on any atom is -0.467 e. The van der Waals surface area contributed by atoms with Gasteiger partial charge < -0.3 is 24.8 Å². The van der Waals surface area contributed by atoms with E-state index in [1.807, 2.05) is 24.3 Å². The molecule has 1 aliphatic rings. The van der Waals surface area contributed by atoms with Gasteiger partial charge in [0.05, 0.1) is 7.11 Å². The van der Waals surface area contributed by atoms with Gasteiger partial charge in [0.2, 0.25) is 5.91 Å². The summed E-state index contributed by atoms with van der Waals surface area (Å²) >= 11 is 0. The van der Waals surface area contributed by atoms with Crippen LogP contribution in [0.2, 0.25) is 0 Å². The number of para-hydroxylation sites is 1. The lowest BCUT2D eigenvalue weighted by Crippen LogP contribution is -2.50. The first kappa shape index (κ1) is 16.5. The molecule has 24 heavy (non-hydrogen) atoms. The number of ether oxygens (including phenoxy) is 1. The predicted octanol–water partition coefficient (Wildman–Crippen LogP) is 0.508. The Balaban J connectivity index is 2.10. The summed E-state index contributed by atoms with van der Waals surface area (Å²) in [5.41, 5.74) is 2.52. The van der Waals surface area contributed by atoms with Crippen molar-refractivity contribution < 1.29 is 24.5 Å². The average molecular weight is 332 g/mol. The van der Waals surface area contributed by atoms with Crippen molar-refractivity contribution in [1.82, 2.24) is 9.88 Å². The molecule has 0 spiro atoms. The average Bonchev–Trinajstić information content (AvgIpc) is 2.97. The second-order valence-electron chi connectivity index (χ2n) is 5.93. The number of fused-ring (bicyclic) bond motifs is 3. The van der Waals surface area contributed by atoms with Crippen molar-refractivity contribution in [3.63, 3.8) is 0 Å². The quantitative estimate of drug-likeness (QED) is 0.711. The van der Waals surface area contributed by atoms with Gasteiger partial charge in [-0.1, -0.05) is 18.2 Å². The number of carbonyl (C=O) groups is 2. The highest BCUT2D eigenvalue weighted by Crippen LogP contribution is 2.37. The standard InChI is InChI=1S/C17H20N2O5/c1-9(20)19-8-7-11-10-5-3-4-6-12(10)18-13(11)14(19)15(21)16(22)17(23)24-2/h3-6,14-16,18,21-22H,7-8H2,1-2H3/t14-,15+,16-/m1/s1. The summed E-state index contributed by atoms with van der Waals surface area (Å²) in [5, 5.41) is 21.6. The van der Waals surface area contributed by atoms with E-state index in [9.17, 15) is 19.8 Å². The summed E-state index contributed by atoms with van der Waals surface area (Å²) < 4.78 is 4.50. The summed E-state index contributed by atoms with van der Waals surface area (Å²) in [6.45, 7) is 1.80. The largest absolute Gasteiger partial charge is 0.467 e. The van der Waals surface area contributed by atoms with Crippen LogP contribution in [0, 0.1) is 0 Å². The van der Waals surface area contributed by atoms with E-state index < -0.39 is 24.2 Å². The molecule has 0 fully saturated rings. The third-order valence-electron chi connectivity index (χ3n) is 4.58. The van der Waals surface area contributed by atoms with Crippen LogP contribution in [-0.4, -0.2) is 57.8 Å². The SMILES string of the molecule is COC(=O)[C@H](O)[C@@H](O)[C@H]1c2[nH]c3ccccc3c2CCN1C(C)=O. The maximum atomic E-state index is 12.0. The maximum Gasteiger partial charge on any atom is 0.337 e. The van der Waals surface area contributed by atoms with Crippen molar-refractivity contribution in [3.05, 3.63) is 35.5 Å². The van der Waals surface area contributed by atoms with Crippen LogP contribution in [0.15, 0.2) is 24.3 Å². The highest BCUT2D eigenvalue weighted by molar-refractivity contribution is 5.86. The topological polar surface area (TPSA) is 103 Å². The van der Waals surface area contributed by atoms with Gasteiger partial charge in [-0.3, -0.25) is 4.79 Å². The summed E-state index contributed by atoms with van der Waals surface area (Å²) in [6.07, 6.45) is -2.59. The number of methoxy groups -OCH3 is 1. The van der Waals surface area contributed by atoms with E-state index in [0.717, 1.165) is 23.6 Å². The predicted molar refractivity (Wildman–Crippen MR) is 86.2 cm³/mol. The second kappa shape index (κ2) is 6.26. The fourth-order valence-electron chi connectivity index (χ4n) is 3.41. The molecule has 0 saturated heterocycles. The Morgan fingerprint density at radius 2 is 2.04 bits per heavy atom. The van der Waals surface area contributed by atoms with Crippen LogP contribution in [0.3, 0.4) is 0 Å². The van der Waals surface area contributed by atoms with Crippen LogP contribution in [0.25, 0.3) is 10.9 Å². The van der Waals surface area contributed by atoms with Gasteiger partial charge in [-0.25, -0.2) is 4.79 Å². The number of carbonyl (C=O) groups excluding carboxylic acids is 2. The zero-order chi connectivity index (χ0) is 17.4. The zero-order valence-corrected chi connectivity index (χ0v) is 13.5. The Kier molecular flexibility index (Phi) is 4.29. The molecule has 128 valence electrons.